The molecule has 1 atom stereocenters. The van der Waals surface area contributed by atoms with Gasteiger partial charge in [-0.3, -0.25) is 4.72 Å². The number of aromatic nitrogens is 3. The number of nitrogen functional groups attached to an aromatic ring is 1. The third-order valence-corrected chi connectivity index (χ3v) is 8.33. The van der Waals surface area contributed by atoms with Crippen molar-refractivity contribution in [3.63, 3.8) is 0 Å². The lowest BCUT2D eigenvalue weighted by molar-refractivity contribution is 0.400. The number of nitrogens with zero attached hydrogens (tertiary/aromatic N) is 3. The Morgan fingerprint density at radius 3 is 2.67 bits per heavy atom. The van der Waals surface area contributed by atoms with Crippen molar-refractivity contribution in [1.82, 2.24) is 14.5 Å². The number of methoxy groups -OCH3 is 1. The first-order valence-corrected chi connectivity index (χ1v) is 13.6. The Hall–Kier alpha value is -4.51. The highest BCUT2D eigenvalue weighted by Gasteiger charge is 2.27. The van der Waals surface area contributed by atoms with Gasteiger partial charge < -0.3 is 15.0 Å². The van der Waals surface area contributed by atoms with Crippen LogP contribution in [-0.2, 0) is 16.4 Å². The molecule has 6 rings (SSSR count). The highest BCUT2D eigenvalue weighted by molar-refractivity contribution is 7.92. The Morgan fingerprint density at radius 2 is 1.87 bits per heavy atom. The van der Waals surface area contributed by atoms with Crippen LogP contribution in [0.2, 0.25) is 0 Å². The number of sulfonamides is 1. The Kier molecular flexibility index (Phi) is 5.95. The molecule has 198 valence electrons. The minimum absolute atomic E-state index is 0.00318. The quantitative estimate of drug-likeness (QED) is 0.298. The van der Waals surface area contributed by atoms with Gasteiger partial charge in [0.15, 0.2) is 0 Å². The van der Waals surface area contributed by atoms with Gasteiger partial charge in [-0.05, 0) is 59.9 Å². The average molecular weight is 548 g/mol. The standard InChI is InChI=1S/C28H23F2N5O3S/c1-38-27-23(34-39(36,37)26-11-8-19(29)14-21(26)30)12-18(15-32-27)17-6-9-22-25(13-17)35(28(31)33-22)24-10-7-16-4-2-3-5-20(16)24/h2-6,8-9,11-15,24,34H,7,10H2,1H3,(H2,31,33). The number of rotatable bonds is 6. The highest BCUT2D eigenvalue weighted by Crippen LogP contribution is 2.39. The Balaban J connectivity index is 1.41. The maximum absolute atomic E-state index is 14.3. The maximum Gasteiger partial charge on any atom is 0.264 e. The molecule has 1 unspecified atom stereocenters. The van der Waals surface area contributed by atoms with Gasteiger partial charge in [0.25, 0.3) is 10.0 Å². The van der Waals surface area contributed by atoms with E-state index in [4.69, 9.17) is 10.5 Å². The number of anilines is 2. The van der Waals surface area contributed by atoms with Gasteiger partial charge in [-0.1, -0.05) is 30.3 Å². The van der Waals surface area contributed by atoms with Crippen molar-refractivity contribution in [2.24, 2.45) is 0 Å². The lowest BCUT2D eigenvalue weighted by atomic mass is 10.1. The smallest absolute Gasteiger partial charge is 0.264 e. The van der Waals surface area contributed by atoms with E-state index in [1.807, 2.05) is 34.9 Å². The number of nitrogens with one attached hydrogen (secondary N) is 1. The molecule has 1 aliphatic rings. The monoisotopic (exact) mass is 547 g/mol. The van der Waals surface area contributed by atoms with Gasteiger partial charge in [0.05, 0.1) is 24.2 Å². The van der Waals surface area contributed by atoms with Gasteiger partial charge in [-0.2, -0.15) is 0 Å². The van der Waals surface area contributed by atoms with Gasteiger partial charge in [0, 0.05) is 17.8 Å². The Bertz CT molecular complexity index is 1860. The normalized spacial score (nSPS) is 14.9. The zero-order chi connectivity index (χ0) is 27.3. The number of hydrogen-bond acceptors (Lipinski definition) is 6. The second-order valence-corrected chi connectivity index (χ2v) is 10.9. The fraction of sp³-hybridized carbons (Fsp3) is 0.143. The fourth-order valence-corrected chi connectivity index (χ4v) is 6.27. The van der Waals surface area contributed by atoms with Crippen molar-refractivity contribution in [1.29, 1.82) is 0 Å². The average Bonchev–Trinajstić information content (AvgIpc) is 3.47. The minimum Gasteiger partial charge on any atom is -0.480 e. The molecule has 0 bridgehead atoms. The van der Waals surface area contributed by atoms with E-state index in [0.29, 0.717) is 17.6 Å². The van der Waals surface area contributed by atoms with E-state index < -0.39 is 26.6 Å². The van der Waals surface area contributed by atoms with Crippen LogP contribution in [0.5, 0.6) is 5.88 Å². The predicted molar refractivity (Wildman–Crippen MR) is 144 cm³/mol. The molecular weight excluding hydrogens is 524 g/mol. The topological polar surface area (TPSA) is 112 Å². The minimum atomic E-state index is -4.41. The number of halogens is 2. The van der Waals surface area contributed by atoms with Crippen LogP contribution in [0.3, 0.4) is 0 Å². The third-order valence-electron chi connectivity index (χ3n) is 6.94. The molecule has 0 saturated carbocycles. The van der Waals surface area contributed by atoms with Gasteiger partial charge in [-0.25, -0.2) is 27.2 Å². The number of benzene rings is 3. The summed E-state index contributed by atoms with van der Waals surface area (Å²) in [6, 6.07) is 17.7. The number of aryl methyl sites for hydroxylation is 1. The summed E-state index contributed by atoms with van der Waals surface area (Å²) in [5, 5.41) is 0. The molecule has 0 radical (unpaired) electrons. The molecular formula is C28H23F2N5O3S. The van der Waals surface area contributed by atoms with E-state index in [-0.39, 0.29) is 17.6 Å². The Labute approximate surface area is 223 Å². The summed E-state index contributed by atoms with van der Waals surface area (Å²) in [6.07, 6.45) is 3.39. The third kappa shape index (κ3) is 4.34. The predicted octanol–water partition coefficient (Wildman–Crippen LogP) is 5.30. The van der Waals surface area contributed by atoms with Crippen molar-refractivity contribution >= 4 is 32.7 Å². The Morgan fingerprint density at radius 1 is 1.05 bits per heavy atom. The largest absolute Gasteiger partial charge is 0.480 e. The van der Waals surface area contributed by atoms with Crippen LogP contribution in [0.25, 0.3) is 22.2 Å². The summed E-state index contributed by atoms with van der Waals surface area (Å²) < 4.78 is 63.1. The lowest BCUT2D eigenvalue weighted by Gasteiger charge is -2.17. The van der Waals surface area contributed by atoms with Crippen molar-refractivity contribution < 1.29 is 21.9 Å². The molecule has 11 heteroatoms. The van der Waals surface area contributed by atoms with Crippen molar-refractivity contribution in [2.75, 3.05) is 17.6 Å². The molecule has 0 spiro atoms. The van der Waals surface area contributed by atoms with Crippen molar-refractivity contribution in [3.8, 4) is 17.0 Å². The van der Waals surface area contributed by atoms with E-state index in [0.717, 1.165) is 41.6 Å². The number of imidazole rings is 1. The van der Waals surface area contributed by atoms with Gasteiger partial charge >= 0.3 is 0 Å². The summed E-state index contributed by atoms with van der Waals surface area (Å²) in [5.74, 6) is -1.70. The van der Waals surface area contributed by atoms with Crippen LogP contribution in [0, 0.1) is 11.6 Å². The molecule has 2 heterocycles. The molecule has 0 amide bonds. The van der Waals surface area contributed by atoms with Crippen LogP contribution in [0.4, 0.5) is 20.4 Å². The maximum atomic E-state index is 14.3. The zero-order valence-electron chi connectivity index (χ0n) is 20.7. The second-order valence-electron chi connectivity index (χ2n) is 9.26. The number of ether oxygens (including phenoxy) is 1. The van der Waals surface area contributed by atoms with Crippen LogP contribution >= 0.6 is 0 Å². The van der Waals surface area contributed by atoms with Crippen LogP contribution < -0.4 is 15.2 Å². The first-order valence-electron chi connectivity index (χ1n) is 12.1. The van der Waals surface area contributed by atoms with Crippen LogP contribution in [0.1, 0.15) is 23.6 Å². The highest BCUT2D eigenvalue weighted by atomic mass is 32.2. The molecule has 5 aromatic rings. The van der Waals surface area contributed by atoms with Crippen molar-refractivity contribution in [2.45, 2.75) is 23.8 Å². The lowest BCUT2D eigenvalue weighted by Crippen LogP contribution is -2.15. The molecule has 39 heavy (non-hydrogen) atoms. The first kappa shape index (κ1) is 24.8. The fourth-order valence-electron chi connectivity index (χ4n) is 5.16. The molecule has 0 aliphatic heterocycles. The zero-order valence-corrected chi connectivity index (χ0v) is 21.5. The summed E-state index contributed by atoms with van der Waals surface area (Å²) in [6.45, 7) is 0. The number of fused-ring (bicyclic) bond motifs is 2. The van der Waals surface area contributed by atoms with E-state index in [9.17, 15) is 17.2 Å². The SMILES string of the molecule is COc1ncc(-c2ccc3nc(N)n(C4CCc5ccccc54)c3c2)cc1NS(=O)(=O)c1ccc(F)cc1F. The molecule has 2 aromatic heterocycles. The molecule has 8 nitrogen and oxygen atoms in total. The van der Waals surface area contributed by atoms with Gasteiger partial charge in [0.2, 0.25) is 11.8 Å². The van der Waals surface area contributed by atoms with Gasteiger partial charge in [0.1, 0.15) is 22.2 Å². The first-order chi connectivity index (χ1) is 18.7. The molecule has 3 aromatic carbocycles. The molecule has 0 fully saturated rings. The molecule has 0 saturated heterocycles. The summed E-state index contributed by atoms with van der Waals surface area (Å²) in [7, 11) is -3.07. The number of hydrogen-bond donors (Lipinski definition) is 2. The summed E-state index contributed by atoms with van der Waals surface area (Å²) >= 11 is 0. The van der Waals surface area contributed by atoms with Gasteiger partial charge in [-0.15, -0.1) is 0 Å². The van der Waals surface area contributed by atoms with E-state index in [1.54, 1.807) is 12.3 Å². The summed E-state index contributed by atoms with van der Waals surface area (Å²) in [5.41, 5.74) is 11.7. The molecule has 3 N–H and O–H groups in total. The van der Waals surface area contributed by atoms with Crippen molar-refractivity contribution in [3.05, 3.63) is 95.7 Å². The summed E-state index contributed by atoms with van der Waals surface area (Å²) in [4.78, 5) is 8.11. The van der Waals surface area contributed by atoms with E-state index in [2.05, 4.69) is 26.8 Å². The molecule has 1 aliphatic carbocycles. The number of pyridine rings is 1. The second kappa shape index (κ2) is 9.35. The van der Waals surface area contributed by atoms with E-state index in [1.165, 1.54) is 18.2 Å². The van der Waals surface area contributed by atoms with E-state index >= 15 is 0 Å². The van der Waals surface area contributed by atoms with Crippen LogP contribution in [0.15, 0.2) is 77.8 Å². The number of nitrogens with two attached hydrogens (primary N) is 1. The van der Waals surface area contributed by atoms with Crippen LogP contribution in [-0.4, -0.2) is 30.1 Å².